The van der Waals surface area contributed by atoms with E-state index in [1.807, 2.05) is 54.6 Å². The van der Waals surface area contributed by atoms with Crippen molar-refractivity contribution >= 4 is 23.1 Å². The van der Waals surface area contributed by atoms with Crippen LogP contribution in [0.2, 0.25) is 0 Å². The maximum absolute atomic E-state index is 13.2. The van der Waals surface area contributed by atoms with E-state index in [2.05, 4.69) is 20.8 Å². The van der Waals surface area contributed by atoms with Gasteiger partial charge in [0.25, 0.3) is 11.7 Å². The van der Waals surface area contributed by atoms with E-state index in [1.54, 1.807) is 24.3 Å². The van der Waals surface area contributed by atoms with Crippen molar-refractivity contribution in [3.8, 4) is 5.75 Å². The highest BCUT2D eigenvalue weighted by Crippen LogP contribution is 2.42. The zero-order chi connectivity index (χ0) is 23.8. The summed E-state index contributed by atoms with van der Waals surface area (Å²) < 4.78 is 5.26. The molecule has 0 spiro atoms. The minimum absolute atomic E-state index is 0.0438. The summed E-state index contributed by atoms with van der Waals surface area (Å²) in [5.74, 6) is -1.07. The van der Waals surface area contributed by atoms with Crippen molar-refractivity contribution in [3.63, 3.8) is 0 Å². The van der Waals surface area contributed by atoms with E-state index >= 15 is 0 Å². The van der Waals surface area contributed by atoms with Gasteiger partial charge in [0.2, 0.25) is 0 Å². The lowest BCUT2D eigenvalue weighted by atomic mass is 9.87. The van der Waals surface area contributed by atoms with Crippen molar-refractivity contribution in [1.29, 1.82) is 0 Å². The monoisotopic (exact) mass is 441 g/mol. The number of methoxy groups -OCH3 is 1. The first-order valence-electron chi connectivity index (χ1n) is 10.8. The highest BCUT2D eigenvalue weighted by Gasteiger charge is 2.47. The molecule has 0 saturated carbocycles. The zero-order valence-electron chi connectivity index (χ0n) is 19.2. The van der Waals surface area contributed by atoms with Gasteiger partial charge >= 0.3 is 0 Å². The number of ether oxygens (including phenoxy) is 1. The molecule has 0 aliphatic carbocycles. The number of hydrogen-bond donors (Lipinski definition) is 1. The van der Waals surface area contributed by atoms with Crippen molar-refractivity contribution in [2.75, 3.05) is 12.0 Å². The van der Waals surface area contributed by atoms with Gasteiger partial charge in [0.15, 0.2) is 0 Å². The molecule has 0 bridgehead atoms. The van der Waals surface area contributed by atoms with Crippen LogP contribution in [-0.4, -0.2) is 23.9 Å². The van der Waals surface area contributed by atoms with Gasteiger partial charge in [0, 0.05) is 11.3 Å². The molecule has 5 heteroatoms. The summed E-state index contributed by atoms with van der Waals surface area (Å²) in [5.41, 5.74) is 2.88. The molecule has 1 fully saturated rings. The first kappa shape index (κ1) is 22.3. The average molecular weight is 442 g/mol. The Kier molecular flexibility index (Phi) is 5.81. The summed E-state index contributed by atoms with van der Waals surface area (Å²) in [6.07, 6.45) is 0. The zero-order valence-corrected chi connectivity index (χ0v) is 19.2. The lowest BCUT2D eigenvalue weighted by Crippen LogP contribution is -2.29. The Balaban J connectivity index is 1.89. The molecule has 33 heavy (non-hydrogen) atoms. The fourth-order valence-electron chi connectivity index (χ4n) is 4.10. The van der Waals surface area contributed by atoms with Crippen LogP contribution < -0.4 is 9.64 Å². The first-order chi connectivity index (χ1) is 15.7. The molecule has 1 aliphatic rings. The molecule has 1 saturated heterocycles. The topological polar surface area (TPSA) is 66.8 Å². The van der Waals surface area contributed by atoms with Crippen LogP contribution in [-0.2, 0) is 15.0 Å². The fraction of sp³-hybridized carbons (Fsp3) is 0.214. The molecular formula is C28H27NO4. The minimum Gasteiger partial charge on any atom is -0.507 e. The predicted molar refractivity (Wildman–Crippen MR) is 129 cm³/mol. The number of amides is 1. The largest absolute Gasteiger partial charge is 0.507 e. The SMILES string of the molecule is COc1cccc(/C(O)=C2\C(=O)C(=O)N(c3ccc(C(C)(C)C)cc3)C2c2ccccc2)c1. The molecule has 5 nitrogen and oxygen atoms in total. The van der Waals surface area contributed by atoms with Crippen LogP contribution in [0.5, 0.6) is 5.75 Å². The van der Waals surface area contributed by atoms with Crippen molar-refractivity contribution in [1.82, 2.24) is 0 Å². The van der Waals surface area contributed by atoms with Crippen molar-refractivity contribution in [2.24, 2.45) is 0 Å². The highest BCUT2D eigenvalue weighted by molar-refractivity contribution is 6.51. The standard InChI is InChI=1S/C28H27NO4/c1-28(2,3)20-13-15-21(16-14-20)29-24(18-9-6-5-7-10-18)23(26(31)27(29)32)25(30)19-11-8-12-22(17-19)33-4/h5-17,24,30H,1-4H3/b25-23+. The lowest BCUT2D eigenvalue weighted by molar-refractivity contribution is -0.132. The third kappa shape index (κ3) is 4.14. The summed E-state index contributed by atoms with van der Waals surface area (Å²) >= 11 is 0. The second-order valence-electron chi connectivity index (χ2n) is 9.11. The van der Waals surface area contributed by atoms with Crippen LogP contribution in [0.25, 0.3) is 5.76 Å². The number of anilines is 1. The molecule has 1 N–H and O–H groups in total. The van der Waals surface area contributed by atoms with E-state index in [4.69, 9.17) is 4.74 Å². The number of rotatable bonds is 4. The summed E-state index contributed by atoms with van der Waals surface area (Å²) in [4.78, 5) is 27.9. The van der Waals surface area contributed by atoms with Gasteiger partial charge in [-0.25, -0.2) is 0 Å². The van der Waals surface area contributed by atoms with Crippen LogP contribution in [0.1, 0.15) is 43.5 Å². The van der Waals surface area contributed by atoms with Crippen LogP contribution in [0.3, 0.4) is 0 Å². The number of aliphatic hydroxyl groups excluding tert-OH is 1. The fourth-order valence-corrected chi connectivity index (χ4v) is 4.10. The van der Waals surface area contributed by atoms with Crippen molar-refractivity contribution in [3.05, 3.63) is 101 Å². The van der Waals surface area contributed by atoms with E-state index in [1.165, 1.54) is 12.0 Å². The van der Waals surface area contributed by atoms with E-state index in [9.17, 15) is 14.7 Å². The number of nitrogens with zero attached hydrogens (tertiary/aromatic N) is 1. The van der Waals surface area contributed by atoms with Gasteiger partial charge in [-0.3, -0.25) is 14.5 Å². The van der Waals surface area contributed by atoms with Crippen LogP contribution >= 0.6 is 0 Å². The molecule has 3 aromatic carbocycles. The Morgan fingerprint density at radius 2 is 1.58 bits per heavy atom. The number of Topliss-reactive ketones (excluding diaryl/α,β-unsaturated/α-hetero) is 1. The quantitative estimate of drug-likeness (QED) is 0.324. The summed E-state index contributed by atoms with van der Waals surface area (Å²) in [6, 6.07) is 23.0. The van der Waals surface area contributed by atoms with Gasteiger partial charge in [0.1, 0.15) is 11.5 Å². The molecule has 1 heterocycles. The van der Waals surface area contributed by atoms with Crippen LogP contribution in [0.15, 0.2) is 84.4 Å². The first-order valence-corrected chi connectivity index (χ1v) is 10.8. The summed E-state index contributed by atoms with van der Waals surface area (Å²) in [5, 5.41) is 11.2. The van der Waals surface area contributed by atoms with Gasteiger partial charge in [0.05, 0.1) is 18.7 Å². The minimum atomic E-state index is -0.752. The number of benzene rings is 3. The van der Waals surface area contributed by atoms with Gasteiger partial charge in [-0.05, 0) is 40.8 Å². The Morgan fingerprint density at radius 1 is 0.909 bits per heavy atom. The molecule has 1 amide bonds. The Hall–Kier alpha value is -3.86. The van der Waals surface area contributed by atoms with E-state index in [-0.39, 0.29) is 16.7 Å². The molecule has 4 rings (SSSR count). The van der Waals surface area contributed by atoms with Gasteiger partial charge in [-0.2, -0.15) is 0 Å². The number of carbonyl (C=O) groups excluding carboxylic acids is 2. The highest BCUT2D eigenvalue weighted by atomic mass is 16.5. The second kappa shape index (κ2) is 8.58. The molecule has 1 atom stereocenters. The van der Waals surface area contributed by atoms with Crippen molar-refractivity contribution < 1.29 is 19.4 Å². The van der Waals surface area contributed by atoms with E-state index in [0.29, 0.717) is 17.0 Å². The second-order valence-corrected chi connectivity index (χ2v) is 9.11. The number of hydrogen-bond acceptors (Lipinski definition) is 4. The molecule has 168 valence electrons. The predicted octanol–water partition coefficient (Wildman–Crippen LogP) is 5.62. The van der Waals surface area contributed by atoms with E-state index < -0.39 is 17.7 Å². The van der Waals surface area contributed by atoms with Gasteiger partial charge < -0.3 is 9.84 Å². The number of ketones is 1. The molecule has 1 aliphatic heterocycles. The third-order valence-corrected chi connectivity index (χ3v) is 5.91. The normalized spacial score (nSPS) is 17.9. The Bertz CT molecular complexity index is 1220. The lowest BCUT2D eigenvalue weighted by Gasteiger charge is -2.26. The van der Waals surface area contributed by atoms with E-state index in [0.717, 1.165) is 11.1 Å². The molecular weight excluding hydrogens is 414 g/mol. The molecule has 1 unspecified atom stereocenters. The van der Waals surface area contributed by atoms with Crippen LogP contribution in [0, 0.1) is 0 Å². The molecule has 0 radical (unpaired) electrons. The van der Waals surface area contributed by atoms with Crippen LogP contribution in [0.4, 0.5) is 5.69 Å². The molecule has 3 aromatic rings. The summed E-state index contributed by atoms with van der Waals surface area (Å²) in [6.45, 7) is 6.35. The average Bonchev–Trinajstić information content (AvgIpc) is 3.09. The molecule has 0 aromatic heterocycles. The maximum Gasteiger partial charge on any atom is 0.300 e. The summed E-state index contributed by atoms with van der Waals surface area (Å²) in [7, 11) is 1.53. The maximum atomic E-state index is 13.2. The van der Waals surface area contributed by atoms with Gasteiger partial charge in [-0.1, -0.05) is 75.4 Å². The van der Waals surface area contributed by atoms with Crippen molar-refractivity contribution in [2.45, 2.75) is 32.2 Å². The Morgan fingerprint density at radius 3 is 2.18 bits per heavy atom. The number of aliphatic hydroxyl groups is 1. The smallest absolute Gasteiger partial charge is 0.300 e. The Labute approximate surface area is 193 Å². The third-order valence-electron chi connectivity index (χ3n) is 5.91. The van der Waals surface area contributed by atoms with Gasteiger partial charge in [-0.15, -0.1) is 0 Å². The number of carbonyl (C=O) groups is 2.